The molecule has 0 fully saturated rings. The maximum Gasteiger partial charge on any atom is 0.153 e. The monoisotopic (exact) mass is 233 g/mol. The molecule has 2 aromatic rings. The van der Waals surface area contributed by atoms with Crippen LogP contribution in [-0.2, 0) is 6.54 Å². The second-order valence-electron chi connectivity index (χ2n) is 3.71. The Morgan fingerprint density at radius 1 is 1.47 bits per heavy atom. The third-order valence-electron chi connectivity index (χ3n) is 2.35. The number of aldehydes is 1. The van der Waals surface area contributed by atoms with E-state index in [0.29, 0.717) is 16.8 Å². The lowest BCUT2D eigenvalue weighted by Gasteiger charge is -1.98. The van der Waals surface area contributed by atoms with Gasteiger partial charge in [0.2, 0.25) is 0 Å². The fourth-order valence-corrected chi connectivity index (χ4v) is 1.63. The van der Waals surface area contributed by atoms with Crippen molar-refractivity contribution in [2.24, 2.45) is 0 Å². The standard InChI is InChI=1S/C12H12FN3O/c1-2-3-16-7-10(8-17)12(15-16)9-4-11(13)6-14-5-9/h4-8H,2-3H2,1H3. The number of hydrogen-bond acceptors (Lipinski definition) is 3. The molecule has 0 spiro atoms. The molecule has 0 aromatic carbocycles. The highest BCUT2D eigenvalue weighted by Gasteiger charge is 2.11. The number of carbonyl (C=O) groups is 1. The molecule has 0 bridgehead atoms. The highest BCUT2D eigenvalue weighted by atomic mass is 19.1. The van der Waals surface area contributed by atoms with Crippen molar-refractivity contribution in [3.05, 3.63) is 36.0 Å². The summed E-state index contributed by atoms with van der Waals surface area (Å²) in [6, 6.07) is 1.32. The van der Waals surface area contributed by atoms with E-state index in [0.717, 1.165) is 25.4 Å². The van der Waals surface area contributed by atoms with E-state index < -0.39 is 5.82 Å². The second kappa shape index (κ2) is 4.86. The van der Waals surface area contributed by atoms with E-state index in [4.69, 9.17) is 0 Å². The fraction of sp³-hybridized carbons (Fsp3) is 0.250. The minimum Gasteiger partial charge on any atom is -0.298 e. The van der Waals surface area contributed by atoms with Crippen LogP contribution in [0, 0.1) is 5.82 Å². The molecular formula is C12H12FN3O. The van der Waals surface area contributed by atoms with Crippen LogP contribution in [0.5, 0.6) is 0 Å². The van der Waals surface area contributed by atoms with Crippen molar-refractivity contribution < 1.29 is 9.18 Å². The van der Waals surface area contributed by atoms with Crippen LogP contribution in [0.2, 0.25) is 0 Å². The number of carbonyl (C=O) groups excluding carboxylic acids is 1. The molecule has 0 amide bonds. The minimum atomic E-state index is -0.440. The molecule has 0 aliphatic rings. The lowest BCUT2D eigenvalue weighted by Crippen LogP contribution is -1.96. The first-order chi connectivity index (χ1) is 8.24. The predicted molar refractivity (Wildman–Crippen MR) is 61.1 cm³/mol. The zero-order valence-corrected chi connectivity index (χ0v) is 9.43. The third kappa shape index (κ3) is 2.38. The van der Waals surface area contributed by atoms with Gasteiger partial charge in [0, 0.05) is 24.5 Å². The Hall–Kier alpha value is -2.04. The molecular weight excluding hydrogens is 221 g/mol. The summed E-state index contributed by atoms with van der Waals surface area (Å²) in [5.74, 6) is -0.440. The number of halogens is 1. The summed E-state index contributed by atoms with van der Waals surface area (Å²) in [7, 11) is 0. The summed E-state index contributed by atoms with van der Waals surface area (Å²) >= 11 is 0. The molecule has 2 rings (SSSR count). The van der Waals surface area contributed by atoms with E-state index in [1.165, 1.54) is 12.3 Å². The van der Waals surface area contributed by atoms with E-state index >= 15 is 0 Å². The summed E-state index contributed by atoms with van der Waals surface area (Å²) in [6.07, 6.45) is 5.92. The summed E-state index contributed by atoms with van der Waals surface area (Å²) in [5.41, 5.74) is 1.44. The summed E-state index contributed by atoms with van der Waals surface area (Å²) in [6.45, 7) is 2.75. The SMILES string of the molecule is CCCn1cc(C=O)c(-c2cncc(F)c2)n1. The first kappa shape index (κ1) is 11.4. The van der Waals surface area contributed by atoms with Crippen LogP contribution in [-0.4, -0.2) is 21.1 Å². The van der Waals surface area contributed by atoms with E-state index in [2.05, 4.69) is 10.1 Å². The van der Waals surface area contributed by atoms with Gasteiger partial charge in [-0.3, -0.25) is 14.5 Å². The zero-order valence-electron chi connectivity index (χ0n) is 9.43. The van der Waals surface area contributed by atoms with Crippen molar-refractivity contribution >= 4 is 6.29 Å². The average molecular weight is 233 g/mol. The first-order valence-corrected chi connectivity index (χ1v) is 5.38. The number of rotatable bonds is 4. The van der Waals surface area contributed by atoms with Crippen molar-refractivity contribution in [3.63, 3.8) is 0 Å². The van der Waals surface area contributed by atoms with Crippen LogP contribution in [0.3, 0.4) is 0 Å². The van der Waals surface area contributed by atoms with Gasteiger partial charge >= 0.3 is 0 Å². The van der Waals surface area contributed by atoms with Gasteiger partial charge in [-0.05, 0) is 12.5 Å². The van der Waals surface area contributed by atoms with Crippen LogP contribution in [0.15, 0.2) is 24.7 Å². The predicted octanol–water partition coefficient (Wildman–Crippen LogP) is 2.31. The molecule has 0 aliphatic carbocycles. The van der Waals surface area contributed by atoms with E-state index in [1.54, 1.807) is 10.9 Å². The smallest absolute Gasteiger partial charge is 0.153 e. The molecule has 0 saturated carbocycles. The van der Waals surface area contributed by atoms with Gasteiger partial charge in [-0.1, -0.05) is 6.92 Å². The summed E-state index contributed by atoms with van der Waals surface area (Å²) in [5, 5.41) is 4.26. The van der Waals surface area contributed by atoms with Gasteiger partial charge in [0.15, 0.2) is 6.29 Å². The van der Waals surface area contributed by atoms with Crippen molar-refractivity contribution in [2.45, 2.75) is 19.9 Å². The molecule has 2 heterocycles. The van der Waals surface area contributed by atoms with Gasteiger partial charge in [0.25, 0.3) is 0 Å². The van der Waals surface area contributed by atoms with E-state index in [-0.39, 0.29) is 0 Å². The van der Waals surface area contributed by atoms with Crippen LogP contribution < -0.4 is 0 Å². The number of hydrogen-bond donors (Lipinski definition) is 0. The van der Waals surface area contributed by atoms with Gasteiger partial charge in [0.05, 0.1) is 11.8 Å². The molecule has 0 radical (unpaired) electrons. The Kier molecular flexibility index (Phi) is 3.27. The van der Waals surface area contributed by atoms with Gasteiger partial charge in [-0.2, -0.15) is 5.10 Å². The first-order valence-electron chi connectivity index (χ1n) is 5.38. The normalized spacial score (nSPS) is 10.5. The molecule has 0 aliphatic heterocycles. The van der Waals surface area contributed by atoms with E-state index in [9.17, 15) is 9.18 Å². The molecule has 17 heavy (non-hydrogen) atoms. The molecule has 88 valence electrons. The fourth-order valence-electron chi connectivity index (χ4n) is 1.63. The lowest BCUT2D eigenvalue weighted by atomic mass is 10.1. The average Bonchev–Trinajstić information content (AvgIpc) is 2.73. The minimum absolute atomic E-state index is 0.440. The number of pyridine rings is 1. The Bertz CT molecular complexity index is 536. The Morgan fingerprint density at radius 2 is 2.29 bits per heavy atom. The van der Waals surface area contributed by atoms with Crippen molar-refractivity contribution in [1.82, 2.24) is 14.8 Å². The second-order valence-corrected chi connectivity index (χ2v) is 3.71. The van der Waals surface area contributed by atoms with Crippen molar-refractivity contribution in [1.29, 1.82) is 0 Å². The molecule has 0 unspecified atom stereocenters. The lowest BCUT2D eigenvalue weighted by molar-refractivity contribution is 0.112. The third-order valence-corrected chi connectivity index (χ3v) is 2.35. The van der Waals surface area contributed by atoms with Crippen LogP contribution in [0.25, 0.3) is 11.3 Å². The maximum absolute atomic E-state index is 13.1. The zero-order chi connectivity index (χ0) is 12.3. The quantitative estimate of drug-likeness (QED) is 0.761. The van der Waals surface area contributed by atoms with Crippen molar-refractivity contribution in [2.75, 3.05) is 0 Å². The molecule has 0 atom stereocenters. The van der Waals surface area contributed by atoms with Gasteiger partial charge < -0.3 is 0 Å². The maximum atomic E-state index is 13.1. The molecule has 5 heteroatoms. The van der Waals surface area contributed by atoms with Crippen LogP contribution in [0.1, 0.15) is 23.7 Å². The number of aromatic nitrogens is 3. The van der Waals surface area contributed by atoms with E-state index in [1.807, 2.05) is 6.92 Å². The van der Waals surface area contributed by atoms with Gasteiger partial charge in [-0.25, -0.2) is 4.39 Å². The molecule has 4 nitrogen and oxygen atoms in total. The van der Waals surface area contributed by atoms with Crippen molar-refractivity contribution in [3.8, 4) is 11.3 Å². The Morgan fingerprint density at radius 3 is 2.94 bits per heavy atom. The Labute approximate surface area is 98.1 Å². The van der Waals surface area contributed by atoms with Gasteiger partial charge in [-0.15, -0.1) is 0 Å². The largest absolute Gasteiger partial charge is 0.298 e. The summed E-state index contributed by atoms with van der Waals surface area (Å²) < 4.78 is 14.7. The highest BCUT2D eigenvalue weighted by molar-refractivity contribution is 5.85. The highest BCUT2D eigenvalue weighted by Crippen LogP contribution is 2.20. The van der Waals surface area contributed by atoms with Crippen LogP contribution >= 0.6 is 0 Å². The van der Waals surface area contributed by atoms with Crippen LogP contribution in [0.4, 0.5) is 4.39 Å². The molecule has 2 aromatic heterocycles. The van der Waals surface area contributed by atoms with Gasteiger partial charge in [0.1, 0.15) is 11.5 Å². The molecule has 0 N–H and O–H groups in total. The Balaban J connectivity index is 2.46. The molecule has 0 saturated heterocycles. The topological polar surface area (TPSA) is 47.8 Å². The number of nitrogens with zero attached hydrogens (tertiary/aromatic N) is 3. The number of aryl methyl sites for hydroxylation is 1. The summed E-state index contributed by atoms with van der Waals surface area (Å²) in [4.78, 5) is 14.7.